The molecule has 3 aromatic rings. The van der Waals surface area contributed by atoms with Crippen LogP contribution in [0.2, 0.25) is 0 Å². The predicted molar refractivity (Wildman–Crippen MR) is 84.9 cm³/mol. The van der Waals surface area contributed by atoms with Crippen LogP contribution in [0.4, 0.5) is 0 Å². The number of rotatable bonds is 5. The molecule has 1 aromatic carbocycles. The molecule has 0 radical (unpaired) electrons. The van der Waals surface area contributed by atoms with Crippen molar-refractivity contribution >= 4 is 22.4 Å². The Morgan fingerprint density at radius 1 is 1.25 bits per heavy atom. The molecule has 0 aliphatic rings. The number of thiophene rings is 1. The normalized spacial score (nSPS) is 11.3. The minimum absolute atomic E-state index is 0.578. The molecule has 2 N–H and O–H groups in total. The molecule has 0 unspecified atom stereocenters. The smallest absolute Gasteiger partial charge is 0.109 e. The van der Waals surface area contributed by atoms with Crippen LogP contribution < -0.4 is 5.73 Å². The Labute approximate surface area is 123 Å². The molecule has 3 nitrogen and oxygen atoms in total. The number of benzene rings is 1. The van der Waals surface area contributed by atoms with Gasteiger partial charge >= 0.3 is 0 Å². The van der Waals surface area contributed by atoms with E-state index in [1.165, 1.54) is 10.4 Å². The van der Waals surface area contributed by atoms with E-state index in [2.05, 4.69) is 47.3 Å². The van der Waals surface area contributed by atoms with Crippen LogP contribution in [0.1, 0.15) is 22.7 Å². The Bertz CT molecular complexity index is 698. The van der Waals surface area contributed by atoms with Crippen LogP contribution in [-0.4, -0.2) is 9.55 Å². The Morgan fingerprint density at radius 2 is 2.15 bits per heavy atom. The third kappa shape index (κ3) is 2.62. The van der Waals surface area contributed by atoms with E-state index in [1.54, 1.807) is 0 Å². The molecular weight excluding hydrogens is 266 g/mol. The van der Waals surface area contributed by atoms with Crippen molar-refractivity contribution in [3.05, 3.63) is 52.0 Å². The van der Waals surface area contributed by atoms with E-state index in [9.17, 15) is 0 Å². The van der Waals surface area contributed by atoms with Crippen LogP contribution >= 0.6 is 11.3 Å². The lowest BCUT2D eigenvalue weighted by Crippen LogP contribution is -1.99. The highest BCUT2D eigenvalue weighted by Crippen LogP contribution is 2.19. The second-order valence-electron chi connectivity index (χ2n) is 5.05. The molecule has 104 valence electrons. The third-order valence-corrected chi connectivity index (χ3v) is 4.61. The van der Waals surface area contributed by atoms with Crippen molar-refractivity contribution in [3.8, 4) is 0 Å². The van der Waals surface area contributed by atoms with Gasteiger partial charge in [-0.25, -0.2) is 4.98 Å². The minimum atomic E-state index is 0.578. The molecule has 4 heteroatoms. The van der Waals surface area contributed by atoms with Crippen molar-refractivity contribution in [1.82, 2.24) is 9.55 Å². The number of nitrogens with zero attached hydrogens (tertiary/aromatic N) is 2. The second-order valence-corrected chi connectivity index (χ2v) is 6.08. The molecule has 0 bridgehead atoms. The average molecular weight is 285 g/mol. The third-order valence-electron chi connectivity index (χ3n) is 3.68. The van der Waals surface area contributed by atoms with Gasteiger partial charge in [0.2, 0.25) is 0 Å². The van der Waals surface area contributed by atoms with Gasteiger partial charge in [-0.3, -0.25) is 0 Å². The number of aryl methyl sites for hydroxylation is 3. The molecule has 20 heavy (non-hydrogen) atoms. The molecule has 3 rings (SSSR count). The van der Waals surface area contributed by atoms with Gasteiger partial charge in [-0.1, -0.05) is 12.1 Å². The summed E-state index contributed by atoms with van der Waals surface area (Å²) in [7, 11) is 2.09. The summed E-state index contributed by atoms with van der Waals surface area (Å²) in [6.07, 6.45) is 3.29. The quantitative estimate of drug-likeness (QED) is 0.782. The van der Waals surface area contributed by atoms with E-state index in [4.69, 9.17) is 10.7 Å². The lowest BCUT2D eigenvalue weighted by Gasteiger charge is -2.02. The maximum absolute atomic E-state index is 5.70. The van der Waals surface area contributed by atoms with Crippen LogP contribution in [-0.2, 0) is 26.4 Å². The molecule has 2 aromatic heterocycles. The van der Waals surface area contributed by atoms with Crippen LogP contribution in [0.3, 0.4) is 0 Å². The zero-order valence-electron chi connectivity index (χ0n) is 11.7. The number of nitrogens with two attached hydrogens (primary N) is 1. The summed E-state index contributed by atoms with van der Waals surface area (Å²) in [5.74, 6) is 1.16. The lowest BCUT2D eigenvalue weighted by atomic mass is 10.2. The summed E-state index contributed by atoms with van der Waals surface area (Å²) in [5.41, 5.74) is 9.11. The van der Waals surface area contributed by atoms with Crippen LogP contribution in [0.25, 0.3) is 11.0 Å². The monoisotopic (exact) mass is 285 g/mol. The first-order chi connectivity index (χ1) is 9.78. The van der Waals surface area contributed by atoms with Gasteiger partial charge < -0.3 is 10.3 Å². The summed E-state index contributed by atoms with van der Waals surface area (Å²) >= 11 is 1.83. The molecule has 0 saturated carbocycles. The molecule has 0 fully saturated rings. The second kappa shape index (κ2) is 5.77. The van der Waals surface area contributed by atoms with Gasteiger partial charge in [-0.2, -0.15) is 0 Å². The van der Waals surface area contributed by atoms with E-state index in [0.717, 1.165) is 36.2 Å². The molecule has 0 amide bonds. The zero-order valence-corrected chi connectivity index (χ0v) is 12.5. The number of fused-ring (bicyclic) bond motifs is 1. The molecule has 2 heterocycles. The minimum Gasteiger partial charge on any atom is -0.331 e. The SMILES string of the molecule is Cn1c(CCCc2cccs2)nc2ccc(CN)cc21. The van der Waals surface area contributed by atoms with Gasteiger partial charge in [0.15, 0.2) is 0 Å². The Morgan fingerprint density at radius 3 is 2.90 bits per heavy atom. The fraction of sp³-hybridized carbons (Fsp3) is 0.312. The maximum atomic E-state index is 5.70. The predicted octanol–water partition coefficient (Wildman–Crippen LogP) is 3.27. The van der Waals surface area contributed by atoms with Crippen LogP contribution in [0.5, 0.6) is 0 Å². The first-order valence-electron chi connectivity index (χ1n) is 6.94. The molecule has 0 saturated heterocycles. The van der Waals surface area contributed by atoms with E-state index in [1.807, 2.05) is 11.3 Å². The van der Waals surface area contributed by atoms with E-state index in [-0.39, 0.29) is 0 Å². The number of hydrogen-bond donors (Lipinski definition) is 1. The van der Waals surface area contributed by atoms with Gasteiger partial charge in [0.25, 0.3) is 0 Å². The highest BCUT2D eigenvalue weighted by Gasteiger charge is 2.08. The standard InChI is InChI=1S/C16H19N3S/c1-19-15-10-12(11-17)7-8-14(15)18-16(19)6-2-4-13-5-3-9-20-13/h3,5,7-10H,2,4,6,11,17H2,1H3. The van der Waals surface area contributed by atoms with E-state index in [0.29, 0.717) is 6.54 Å². The molecule has 0 aliphatic carbocycles. The molecule has 0 spiro atoms. The van der Waals surface area contributed by atoms with Crippen LogP contribution in [0, 0.1) is 0 Å². The summed E-state index contributed by atoms with van der Waals surface area (Å²) in [6, 6.07) is 10.6. The zero-order chi connectivity index (χ0) is 13.9. The number of hydrogen-bond acceptors (Lipinski definition) is 3. The average Bonchev–Trinajstić information content (AvgIpc) is 3.08. The Hall–Kier alpha value is -1.65. The van der Waals surface area contributed by atoms with Gasteiger partial charge in [0, 0.05) is 24.9 Å². The number of aromatic nitrogens is 2. The van der Waals surface area contributed by atoms with Gasteiger partial charge in [0.05, 0.1) is 11.0 Å². The molecule has 0 aliphatic heterocycles. The van der Waals surface area contributed by atoms with Crippen molar-refractivity contribution in [2.45, 2.75) is 25.8 Å². The van der Waals surface area contributed by atoms with Crippen LogP contribution in [0.15, 0.2) is 35.7 Å². The van der Waals surface area contributed by atoms with Crippen molar-refractivity contribution in [2.24, 2.45) is 12.8 Å². The van der Waals surface area contributed by atoms with E-state index < -0.39 is 0 Å². The largest absolute Gasteiger partial charge is 0.331 e. The first-order valence-corrected chi connectivity index (χ1v) is 7.82. The molecular formula is C16H19N3S. The fourth-order valence-corrected chi connectivity index (χ4v) is 3.26. The Kier molecular flexibility index (Phi) is 3.85. The van der Waals surface area contributed by atoms with E-state index >= 15 is 0 Å². The fourth-order valence-electron chi connectivity index (χ4n) is 2.51. The van der Waals surface area contributed by atoms with Crippen molar-refractivity contribution < 1.29 is 0 Å². The highest BCUT2D eigenvalue weighted by molar-refractivity contribution is 7.09. The first kappa shape index (κ1) is 13.3. The summed E-state index contributed by atoms with van der Waals surface area (Å²) < 4.78 is 2.20. The topological polar surface area (TPSA) is 43.8 Å². The van der Waals surface area contributed by atoms with Gasteiger partial charge in [0.1, 0.15) is 5.82 Å². The highest BCUT2D eigenvalue weighted by atomic mass is 32.1. The molecule has 0 atom stereocenters. The van der Waals surface area contributed by atoms with Gasteiger partial charge in [-0.05, 0) is 42.0 Å². The van der Waals surface area contributed by atoms with Crippen molar-refractivity contribution in [3.63, 3.8) is 0 Å². The van der Waals surface area contributed by atoms with Crippen molar-refractivity contribution in [2.75, 3.05) is 0 Å². The lowest BCUT2D eigenvalue weighted by molar-refractivity contribution is 0.737. The maximum Gasteiger partial charge on any atom is 0.109 e. The summed E-state index contributed by atoms with van der Waals surface area (Å²) in [4.78, 5) is 6.18. The summed E-state index contributed by atoms with van der Waals surface area (Å²) in [6.45, 7) is 0.578. The number of imidazole rings is 1. The van der Waals surface area contributed by atoms with Gasteiger partial charge in [-0.15, -0.1) is 11.3 Å². The van der Waals surface area contributed by atoms with Crippen molar-refractivity contribution in [1.29, 1.82) is 0 Å². The summed E-state index contributed by atoms with van der Waals surface area (Å²) in [5, 5.41) is 2.14. The Balaban J connectivity index is 1.76.